The minimum absolute atomic E-state index is 0.101. The lowest BCUT2D eigenvalue weighted by Crippen LogP contribution is -2.33. The average molecular weight is 551 g/mol. The van der Waals surface area contributed by atoms with Crippen LogP contribution >= 0.6 is 23.5 Å². The normalized spacial score (nSPS) is 28.4. The summed E-state index contributed by atoms with van der Waals surface area (Å²) in [5.41, 5.74) is 4.56. The highest BCUT2D eigenvalue weighted by Gasteiger charge is 2.47. The van der Waals surface area contributed by atoms with Gasteiger partial charge in [-0.05, 0) is 6.92 Å². The molecular weight excluding hydrogens is 531 g/mol. The van der Waals surface area contributed by atoms with E-state index >= 15 is 0 Å². The Bertz CT molecular complexity index is 1250. The molecular formula is C12H20N5O14P3. The summed E-state index contributed by atoms with van der Waals surface area (Å²) in [6.07, 6.45) is -5.24. The number of hydrogen-bond acceptors (Lipinski definition) is 14. The lowest BCUT2D eigenvalue weighted by molar-refractivity contribution is -0.0503. The molecule has 0 amide bonds. The number of phosphoric ester groups is 2. The van der Waals surface area contributed by atoms with Gasteiger partial charge >= 0.3 is 23.5 Å². The number of rotatable bonds is 10. The van der Waals surface area contributed by atoms with E-state index in [1.165, 1.54) is 6.92 Å². The third-order valence-corrected chi connectivity index (χ3v) is 8.53. The first-order valence-corrected chi connectivity index (χ1v) is 13.6. The second kappa shape index (κ2) is 9.83. The Labute approximate surface area is 188 Å². The highest BCUT2D eigenvalue weighted by molar-refractivity contribution is 7.66. The molecule has 1 aliphatic rings. The lowest BCUT2D eigenvalue weighted by Gasteiger charge is -2.20. The number of aromatic amines is 1. The Morgan fingerprint density at radius 1 is 1.12 bits per heavy atom. The monoisotopic (exact) mass is 551 g/mol. The van der Waals surface area contributed by atoms with Crippen molar-refractivity contribution >= 4 is 40.6 Å². The van der Waals surface area contributed by atoms with Gasteiger partial charge in [0.1, 0.15) is 18.3 Å². The number of phosphoric acid groups is 3. The number of aromatic nitrogens is 4. The molecule has 0 radical (unpaired) electrons. The number of H-pyrrole nitrogens is 1. The average Bonchev–Trinajstić information content (AvgIpc) is 3.20. The van der Waals surface area contributed by atoms with Crippen molar-refractivity contribution in [2.75, 3.05) is 18.9 Å². The summed E-state index contributed by atoms with van der Waals surface area (Å²) in [5, 5.41) is 20.5. The first-order chi connectivity index (χ1) is 15.6. The topological polar surface area (TPSA) is 288 Å². The number of nitrogens with one attached hydrogen (secondary N) is 1. The van der Waals surface area contributed by atoms with Crippen molar-refractivity contribution in [2.45, 2.75) is 31.5 Å². The van der Waals surface area contributed by atoms with Gasteiger partial charge in [-0.3, -0.25) is 23.4 Å². The van der Waals surface area contributed by atoms with Crippen LogP contribution < -0.4 is 11.3 Å². The van der Waals surface area contributed by atoms with E-state index in [9.17, 15) is 43.4 Å². The molecule has 0 bridgehead atoms. The van der Waals surface area contributed by atoms with Gasteiger partial charge in [-0.15, -0.1) is 0 Å². The van der Waals surface area contributed by atoms with Gasteiger partial charge in [0, 0.05) is 0 Å². The molecule has 2 aromatic rings. The van der Waals surface area contributed by atoms with Crippen LogP contribution in [0.5, 0.6) is 0 Å². The molecule has 1 saturated heterocycles. The zero-order valence-corrected chi connectivity index (χ0v) is 19.7. The largest absolute Gasteiger partial charge is 0.490 e. The molecule has 0 aliphatic carbocycles. The summed E-state index contributed by atoms with van der Waals surface area (Å²) >= 11 is 0. The minimum Gasteiger partial charge on any atom is -0.387 e. The first kappa shape index (κ1) is 27.0. The maximum absolute atomic E-state index is 12.0. The Morgan fingerprint density at radius 3 is 2.35 bits per heavy atom. The summed E-state index contributed by atoms with van der Waals surface area (Å²) in [6.45, 7) is -0.114. The number of aliphatic hydroxyl groups excluding tert-OH is 2. The fourth-order valence-electron chi connectivity index (χ4n) is 2.88. The van der Waals surface area contributed by atoms with Crippen LogP contribution in [-0.4, -0.2) is 75.9 Å². The quantitative estimate of drug-likeness (QED) is 0.169. The van der Waals surface area contributed by atoms with E-state index in [-0.39, 0.29) is 17.1 Å². The molecule has 34 heavy (non-hydrogen) atoms. The van der Waals surface area contributed by atoms with Gasteiger partial charge in [0.05, 0.1) is 19.5 Å². The van der Waals surface area contributed by atoms with Crippen molar-refractivity contribution in [1.29, 1.82) is 0 Å². The molecule has 1 fully saturated rings. The maximum atomic E-state index is 12.0. The van der Waals surface area contributed by atoms with Crippen LogP contribution in [0.25, 0.3) is 11.2 Å². The summed E-state index contributed by atoms with van der Waals surface area (Å²) in [4.78, 5) is 50.1. The molecule has 1 aliphatic heterocycles. The van der Waals surface area contributed by atoms with E-state index in [4.69, 9.17) is 10.5 Å². The van der Waals surface area contributed by atoms with Crippen LogP contribution in [0.2, 0.25) is 0 Å². The van der Waals surface area contributed by atoms with Crippen molar-refractivity contribution in [1.82, 2.24) is 19.5 Å². The Balaban J connectivity index is 1.69. The molecule has 8 N–H and O–H groups in total. The number of imidazole rings is 1. The van der Waals surface area contributed by atoms with Crippen LogP contribution in [0, 0.1) is 0 Å². The smallest absolute Gasteiger partial charge is 0.387 e. The summed E-state index contributed by atoms with van der Waals surface area (Å²) in [6, 6.07) is 0. The molecule has 22 heteroatoms. The molecule has 0 aromatic carbocycles. The minimum atomic E-state index is -5.64. The zero-order valence-electron chi connectivity index (χ0n) is 17.0. The van der Waals surface area contributed by atoms with Crippen molar-refractivity contribution in [3.05, 3.63) is 16.7 Å². The number of nitrogen functional groups attached to an aromatic ring is 1. The van der Waals surface area contributed by atoms with Crippen molar-refractivity contribution in [2.24, 2.45) is 0 Å². The Kier molecular flexibility index (Phi) is 7.82. The standard InChI is InChI=1S/C12H20N5O14P3/c1-2-27-32(21,22)30-34(25,26)31-33(23,24)28-3-5-7(18)8(19)11(29-5)17-4-14-6-9(17)15-12(13)16-10(6)20/h4-5,7-8,11,18-19H,2-3H2,1H3,(H,21,22)(H,23,24)(H,25,26)(H3,13,15,16,20)/t5-,7-,8-,11-/m1/s1. The molecule has 7 atom stereocenters. The number of anilines is 1. The van der Waals surface area contributed by atoms with Gasteiger partial charge in [0.25, 0.3) is 5.56 Å². The van der Waals surface area contributed by atoms with Gasteiger partial charge in [0.15, 0.2) is 17.4 Å². The highest BCUT2D eigenvalue weighted by atomic mass is 31.3. The third-order valence-electron chi connectivity index (χ3n) is 4.17. The second-order valence-electron chi connectivity index (χ2n) is 6.60. The number of ether oxygens (including phenoxy) is 1. The number of nitrogens with zero attached hydrogens (tertiary/aromatic N) is 3. The van der Waals surface area contributed by atoms with E-state index in [2.05, 4.69) is 32.6 Å². The van der Waals surface area contributed by atoms with Crippen molar-refractivity contribution in [3.63, 3.8) is 0 Å². The number of hydrogen-bond donors (Lipinski definition) is 7. The van der Waals surface area contributed by atoms with E-state index < -0.39 is 66.8 Å². The van der Waals surface area contributed by atoms with Gasteiger partial charge in [-0.2, -0.15) is 13.6 Å². The number of fused-ring (bicyclic) bond motifs is 1. The Morgan fingerprint density at radius 2 is 1.74 bits per heavy atom. The van der Waals surface area contributed by atoms with Gasteiger partial charge < -0.3 is 35.4 Å². The highest BCUT2D eigenvalue weighted by Crippen LogP contribution is 2.67. The van der Waals surface area contributed by atoms with Gasteiger partial charge in [0.2, 0.25) is 5.95 Å². The molecule has 3 unspecified atom stereocenters. The van der Waals surface area contributed by atoms with Crippen molar-refractivity contribution in [3.8, 4) is 0 Å². The predicted octanol–water partition coefficient (Wildman–Crippen LogP) is -1.29. The molecule has 0 saturated carbocycles. The fourth-order valence-corrected chi connectivity index (χ4v) is 6.39. The predicted molar refractivity (Wildman–Crippen MR) is 108 cm³/mol. The van der Waals surface area contributed by atoms with E-state index in [1.54, 1.807) is 0 Å². The molecule has 0 spiro atoms. The van der Waals surface area contributed by atoms with E-state index in [0.29, 0.717) is 0 Å². The van der Waals surface area contributed by atoms with Gasteiger partial charge in [-0.1, -0.05) is 0 Å². The lowest BCUT2D eigenvalue weighted by atomic mass is 10.1. The molecule has 3 heterocycles. The summed E-state index contributed by atoms with van der Waals surface area (Å²) in [7, 11) is -16.2. The number of aliphatic hydroxyl groups is 2. The molecule has 192 valence electrons. The van der Waals surface area contributed by atoms with Crippen molar-refractivity contribution < 1.29 is 61.0 Å². The van der Waals surface area contributed by atoms with Crippen LogP contribution in [0.4, 0.5) is 5.95 Å². The SMILES string of the molecule is CCOP(=O)(O)OP(=O)(O)OP(=O)(O)OC[C@H]1O[C@@H](n2cnc3c(=O)[nH]c(N)nc32)[C@H](O)[C@@H]1O. The first-order valence-electron chi connectivity index (χ1n) is 9.09. The second-order valence-corrected chi connectivity index (χ2v) is 11.2. The summed E-state index contributed by atoms with van der Waals surface area (Å²) in [5.74, 6) is -0.266. The third kappa shape index (κ3) is 6.16. The van der Waals surface area contributed by atoms with E-state index in [1.807, 2.05) is 0 Å². The van der Waals surface area contributed by atoms with Crippen LogP contribution in [0.3, 0.4) is 0 Å². The summed E-state index contributed by atoms with van der Waals surface area (Å²) < 4.78 is 58.0. The number of nitrogens with two attached hydrogens (primary N) is 1. The van der Waals surface area contributed by atoms with Crippen LogP contribution in [-0.2, 0) is 36.1 Å². The fraction of sp³-hybridized carbons (Fsp3) is 0.583. The Hall–Kier alpha value is -1.56. The van der Waals surface area contributed by atoms with E-state index in [0.717, 1.165) is 10.9 Å². The van der Waals surface area contributed by atoms with Crippen LogP contribution in [0.1, 0.15) is 13.2 Å². The molecule has 3 rings (SSSR count). The maximum Gasteiger partial charge on any atom is 0.490 e. The molecule has 2 aromatic heterocycles. The van der Waals surface area contributed by atoms with Gasteiger partial charge in [-0.25, -0.2) is 18.7 Å². The molecule has 19 nitrogen and oxygen atoms in total. The zero-order chi connectivity index (χ0) is 25.5. The van der Waals surface area contributed by atoms with Crippen LogP contribution in [0.15, 0.2) is 11.1 Å².